The van der Waals surface area contributed by atoms with Crippen LogP contribution >= 0.6 is 23.3 Å². The van der Waals surface area contributed by atoms with E-state index in [1.807, 2.05) is 0 Å². The average Bonchev–Trinajstić information content (AvgIpc) is 3.08. The number of nitrogens with one attached hydrogen (secondary N) is 1. The lowest BCUT2D eigenvalue weighted by Crippen LogP contribution is -2.11. The Bertz CT molecular complexity index is 970. The first-order valence-corrected chi connectivity index (χ1v) is 10.4. The molecule has 3 aromatic rings. The van der Waals surface area contributed by atoms with Crippen molar-refractivity contribution in [2.75, 3.05) is 4.72 Å². The molecule has 0 atom stereocenters. The molecular formula is C22H23NO2S2. The van der Waals surface area contributed by atoms with Crippen molar-refractivity contribution < 1.29 is 9.90 Å². The number of hydrogen-bond acceptors (Lipinski definition) is 4. The van der Waals surface area contributed by atoms with E-state index in [1.54, 1.807) is 11.4 Å². The van der Waals surface area contributed by atoms with Crippen LogP contribution in [0.2, 0.25) is 0 Å². The van der Waals surface area contributed by atoms with Gasteiger partial charge < -0.3 is 9.83 Å². The Hall–Kier alpha value is -2.24. The van der Waals surface area contributed by atoms with Gasteiger partial charge in [0, 0.05) is 4.90 Å². The van der Waals surface area contributed by atoms with Crippen molar-refractivity contribution in [2.45, 2.75) is 38.0 Å². The number of thiophene rings is 1. The van der Waals surface area contributed by atoms with E-state index in [9.17, 15) is 9.90 Å². The van der Waals surface area contributed by atoms with Gasteiger partial charge in [0.15, 0.2) is 0 Å². The number of carbonyl (C=O) groups is 1. The predicted molar refractivity (Wildman–Crippen MR) is 116 cm³/mol. The van der Waals surface area contributed by atoms with E-state index in [-0.39, 0.29) is 5.41 Å². The molecule has 0 spiro atoms. The number of carboxylic acid groups (broad SMARTS) is 1. The maximum Gasteiger partial charge on any atom is 0.348 e. The monoisotopic (exact) mass is 397 g/mol. The molecule has 0 aliphatic heterocycles. The molecule has 3 rings (SSSR count). The largest absolute Gasteiger partial charge is 0.477 e. The lowest BCUT2D eigenvalue weighted by atomic mass is 9.85. The van der Waals surface area contributed by atoms with Crippen LogP contribution in [0.5, 0.6) is 0 Å². The van der Waals surface area contributed by atoms with Crippen LogP contribution in [0.1, 0.15) is 41.6 Å². The predicted octanol–water partition coefficient (Wildman–Crippen LogP) is 6.84. The molecule has 0 unspecified atom stereocenters. The third-order valence-corrected chi connectivity index (χ3v) is 6.11. The number of benzene rings is 2. The minimum absolute atomic E-state index is 0.0546. The molecule has 1 aromatic heterocycles. The maximum atomic E-state index is 11.3. The van der Waals surface area contributed by atoms with Crippen LogP contribution in [0, 0.1) is 6.92 Å². The van der Waals surface area contributed by atoms with Crippen LogP contribution in [0.4, 0.5) is 5.69 Å². The van der Waals surface area contributed by atoms with Gasteiger partial charge in [0.1, 0.15) is 4.88 Å². The molecule has 5 heteroatoms. The zero-order valence-electron chi connectivity index (χ0n) is 15.9. The van der Waals surface area contributed by atoms with E-state index in [4.69, 9.17) is 0 Å². The first-order chi connectivity index (χ1) is 12.8. The van der Waals surface area contributed by atoms with E-state index in [2.05, 4.69) is 74.9 Å². The van der Waals surface area contributed by atoms with Crippen molar-refractivity contribution in [3.8, 4) is 11.1 Å². The lowest BCUT2D eigenvalue weighted by molar-refractivity contribution is 0.0703. The third kappa shape index (κ3) is 4.54. The fourth-order valence-corrected chi connectivity index (χ4v) is 4.35. The third-order valence-electron chi connectivity index (χ3n) is 4.31. The Labute approximate surface area is 168 Å². The van der Waals surface area contributed by atoms with Gasteiger partial charge in [-0.3, -0.25) is 0 Å². The molecule has 0 bridgehead atoms. The van der Waals surface area contributed by atoms with Crippen molar-refractivity contribution in [3.05, 3.63) is 69.9 Å². The summed E-state index contributed by atoms with van der Waals surface area (Å²) < 4.78 is 3.22. The smallest absolute Gasteiger partial charge is 0.348 e. The van der Waals surface area contributed by atoms with Crippen molar-refractivity contribution >= 4 is 34.9 Å². The second-order valence-electron chi connectivity index (χ2n) is 7.50. The number of aromatic carboxylic acids is 1. The fraction of sp³-hybridized carbons (Fsp3) is 0.227. The SMILES string of the molecule is Cc1cccc(-c2cc(C(C)(C)C)ccc2SNc2ccsc2C(=O)O)c1. The molecule has 0 saturated carbocycles. The summed E-state index contributed by atoms with van der Waals surface area (Å²) in [5.74, 6) is -0.907. The highest BCUT2D eigenvalue weighted by Gasteiger charge is 2.18. The minimum atomic E-state index is -0.907. The lowest BCUT2D eigenvalue weighted by Gasteiger charge is -2.21. The molecule has 1 heterocycles. The highest BCUT2D eigenvalue weighted by atomic mass is 32.2. The van der Waals surface area contributed by atoms with Gasteiger partial charge in [-0.15, -0.1) is 11.3 Å². The van der Waals surface area contributed by atoms with Gasteiger partial charge in [-0.25, -0.2) is 4.79 Å². The Balaban J connectivity index is 1.99. The van der Waals surface area contributed by atoms with E-state index in [0.717, 1.165) is 16.0 Å². The van der Waals surface area contributed by atoms with Crippen LogP contribution in [0.3, 0.4) is 0 Å². The summed E-state index contributed by atoms with van der Waals surface area (Å²) in [6.07, 6.45) is 0. The molecular weight excluding hydrogens is 374 g/mol. The number of hydrogen-bond donors (Lipinski definition) is 2. The van der Waals surface area contributed by atoms with Gasteiger partial charge >= 0.3 is 5.97 Å². The van der Waals surface area contributed by atoms with Crippen LogP contribution in [-0.4, -0.2) is 11.1 Å². The number of aryl methyl sites for hydroxylation is 1. The van der Waals surface area contributed by atoms with Crippen molar-refractivity contribution in [1.29, 1.82) is 0 Å². The highest BCUT2D eigenvalue weighted by Crippen LogP contribution is 2.37. The molecule has 27 heavy (non-hydrogen) atoms. The van der Waals surface area contributed by atoms with Gasteiger partial charge in [-0.2, -0.15) is 0 Å². The molecule has 0 aliphatic rings. The zero-order chi connectivity index (χ0) is 19.6. The minimum Gasteiger partial charge on any atom is -0.477 e. The van der Waals surface area contributed by atoms with Gasteiger partial charge in [-0.05, 0) is 64.6 Å². The Morgan fingerprint density at radius 2 is 1.89 bits per heavy atom. The first kappa shape index (κ1) is 19.5. The standard InChI is InChI=1S/C22H23NO2S2/c1-14-6-5-7-15(12-14)17-13-16(22(2,3)4)8-9-19(17)27-23-18-10-11-26-20(18)21(24)25/h5-13,23H,1-4H3,(H,24,25). The van der Waals surface area contributed by atoms with Gasteiger partial charge in [-0.1, -0.05) is 56.7 Å². The van der Waals surface area contributed by atoms with Crippen molar-refractivity contribution in [2.24, 2.45) is 0 Å². The summed E-state index contributed by atoms with van der Waals surface area (Å²) in [7, 11) is 0. The molecule has 0 amide bonds. The van der Waals surface area contributed by atoms with Crippen LogP contribution in [0.25, 0.3) is 11.1 Å². The topological polar surface area (TPSA) is 49.3 Å². The molecule has 0 aliphatic carbocycles. The van der Waals surface area contributed by atoms with Crippen molar-refractivity contribution in [1.82, 2.24) is 0 Å². The Kier molecular flexibility index (Phi) is 5.63. The van der Waals surface area contributed by atoms with E-state index >= 15 is 0 Å². The summed E-state index contributed by atoms with van der Waals surface area (Å²) in [6.45, 7) is 8.71. The second-order valence-corrected chi connectivity index (χ2v) is 9.27. The van der Waals surface area contributed by atoms with E-state index in [0.29, 0.717) is 10.6 Å². The summed E-state index contributed by atoms with van der Waals surface area (Å²) in [6, 6.07) is 16.8. The summed E-state index contributed by atoms with van der Waals surface area (Å²) in [5, 5.41) is 11.1. The second kappa shape index (κ2) is 7.79. The summed E-state index contributed by atoms with van der Waals surface area (Å²) in [5.41, 5.74) is 5.48. The summed E-state index contributed by atoms with van der Waals surface area (Å²) >= 11 is 2.68. The van der Waals surface area contributed by atoms with Crippen LogP contribution in [-0.2, 0) is 5.41 Å². The molecule has 2 aromatic carbocycles. The molecule has 0 radical (unpaired) electrons. The molecule has 2 N–H and O–H groups in total. The number of carboxylic acids is 1. The molecule has 140 valence electrons. The maximum absolute atomic E-state index is 11.3. The Morgan fingerprint density at radius 3 is 2.56 bits per heavy atom. The van der Waals surface area contributed by atoms with Gasteiger partial charge in [0.2, 0.25) is 0 Å². The summed E-state index contributed by atoms with van der Waals surface area (Å²) in [4.78, 5) is 12.7. The number of rotatable bonds is 5. The number of anilines is 1. The van der Waals surface area contributed by atoms with E-state index < -0.39 is 5.97 Å². The van der Waals surface area contributed by atoms with Crippen LogP contribution in [0.15, 0.2) is 58.8 Å². The Morgan fingerprint density at radius 1 is 1.11 bits per heavy atom. The van der Waals surface area contributed by atoms with Crippen LogP contribution < -0.4 is 4.72 Å². The quantitative estimate of drug-likeness (QED) is 0.463. The average molecular weight is 398 g/mol. The fourth-order valence-electron chi connectivity index (χ4n) is 2.79. The molecule has 0 fully saturated rings. The molecule has 0 saturated heterocycles. The van der Waals surface area contributed by atoms with Gasteiger partial charge in [0.25, 0.3) is 0 Å². The molecule has 3 nitrogen and oxygen atoms in total. The zero-order valence-corrected chi connectivity index (χ0v) is 17.5. The highest BCUT2D eigenvalue weighted by molar-refractivity contribution is 8.00. The van der Waals surface area contributed by atoms with E-state index in [1.165, 1.54) is 34.4 Å². The van der Waals surface area contributed by atoms with Crippen molar-refractivity contribution in [3.63, 3.8) is 0 Å². The first-order valence-electron chi connectivity index (χ1n) is 8.71. The van der Waals surface area contributed by atoms with Gasteiger partial charge in [0.05, 0.1) is 5.69 Å². The normalized spacial score (nSPS) is 11.4.